The molecule has 2 unspecified atom stereocenters. The van der Waals surface area contributed by atoms with Gasteiger partial charge in [-0.15, -0.1) is 24.8 Å². The van der Waals surface area contributed by atoms with E-state index in [9.17, 15) is 4.79 Å². The van der Waals surface area contributed by atoms with Gasteiger partial charge in [-0.2, -0.15) is 0 Å². The Labute approximate surface area is 161 Å². The minimum Gasteiger partial charge on any atom is -0.339 e. The molecular formula is C18H26Cl2N4O. The lowest BCUT2D eigenvalue weighted by molar-refractivity contribution is -0.134. The minimum atomic E-state index is -0.580. The number of nitrogens with zero attached hydrogens (tertiary/aromatic N) is 3. The van der Waals surface area contributed by atoms with Crippen LogP contribution in [-0.4, -0.2) is 33.4 Å². The summed E-state index contributed by atoms with van der Waals surface area (Å²) in [5.74, 6) is 1.09. The van der Waals surface area contributed by atoms with Gasteiger partial charge in [0.1, 0.15) is 11.9 Å². The molecule has 2 N–H and O–H groups in total. The molecule has 1 aromatic heterocycles. The highest BCUT2D eigenvalue weighted by Crippen LogP contribution is 2.25. The Bertz CT molecular complexity index is 662. The predicted molar refractivity (Wildman–Crippen MR) is 104 cm³/mol. The van der Waals surface area contributed by atoms with E-state index in [-0.39, 0.29) is 30.7 Å². The van der Waals surface area contributed by atoms with E-state index in [1.54, 1.807) is 0 Å². The Morgan fingerprint density at radius 2 is 2.04 bits per heavy atom. The van der Waals surface area contributed by atoms with Crippen LogP contribution < -0.4 is 5.73 Å². The van der Waals surface area contributed by atoms with Crippen LogP contribution in [0.4, 0.5) is 0 Å². The summed E-state index contributed by atoms with van der Waals surface area (Å²) in [6.45, 7) is 3.60. The highest BCUT2D eigenvalue weighted by Gasteiger charge is 2.29. The van der Waals surface area contributed by atoms with Crippen LogP contribution in [0.25, 0.3) is 0 Å². The Kier molecular flexibility index (Phi) is 8.42. The summed E-state index contributed by atoms with van der Waals surface area (Å²) in [6.07, 6.45) is 6.85. The standard InChI is InChI=1S/C18H24N4O.2ClH/c1-2-16-20-10-12-22(16)15-9-6-11-21(13-15)18(23)17(19)14-7-4-3-5-8-14;;/h3-5,7-8,10,12,15,17H,2,6,9,11,13,19H2,1H3;2*1H. The average Bonchev–Trinajstić information content (AvgIpc) is 3.10. The van der Waals surface area contributed by atoms with Crippen molar-refractivity contribution in [2.45, 2.75) is 38.3 Å². The highest BCUT2D eigenvalue weighted by atomic mass is 35.5. The quantitative estimate of drug-likeness (QED) is 0.880. The molecule has 1 aliphatic rings. The van der Waals surface area contributed by atoms with Crippen molar-refractivity contribution in [3.8, 4) is 0 Å². The molecule has 25 heavy (non-hydrogen) atoms. The van der Waals surface area contributed by atoms with Crippen molar-refractivity contribution < 1.29 is 4.79 Å². The fourth-order valence-corrected chi connectivity index (χ4v) is 3.33. The molecule has 2 atom stereocenters. The molecular weight excluding hydrogens is 359 g/mol. The van der Waals surface area contributed by atoms with Crippen molar-refractivity contribution in [2.75, 3.05) is 13.1 Å². The SMILES string of the molecule is CCc1nccn1C1CCCN(C(=O)C(N)c2ccccc2)C1.Cl.Cl. The third-order valence-corrected chi connectivity index (χ3v) is 4.59. The second kappa shape index (κ2) is 9.80. The van der Waals surface area contributed by atoms with Gasteiger partial charge in [-0.05, 0) is 18.4 Å². The van der Waals surface area contributed by atoms with Crippen LogP contribution in [0.5, 0.6) is 0 Å². The van der Waals surface area contributed by atoms with E-state index in [1.807, 2.05) is 47.6 Å². The zero-order chi connectivity index (χ0) is 16.2. The molecule has 1 aromatic carbocycles. The van der Waals surface area contributed by atoms with Gasteiger partial charge < -0.3 is 15.2 Å². The molecule has 0 radical (unpaired) electrons. The third-order valence-electron chi connectivity index (χ3n) is 4.59. The second-order valence-corrected chi connectivity index (χ2v) is 6.07. The molecule has 0 aliphatic carbocycles. The maximum atomic E-state index is 12.7. The van der Waals surface area contributed by atoms with Gasteiger partial charge in [-0.1, -0.05) is 37.3 Å². The van der Waals surface area contributed by atoms with Gasteiger partial charge in [-0.3, -0.25) is 4.79 Å². The summed E-state index contributed by atoms with van der Waals surface area (Å²) in [6, 6.07) is 9.31. The Morgan fingerprint density at radius 1 is 1.32 bits per heavy atom. The molecule has 2 heterocycles. The van der Waals surface area contributed by atoms with Crippen molar-refractivity contribution in [1.29, 1.82) is 0 Å². The number of halogens is 2. The maximum absolute atomic E-state index is 12.7. The van der Waals surface area contributed by atoms with Crippen LogP contribution in [0.2, 0.25) is 0 Å². The van der Waals surface area contributed by atoms with Crippen molar-refractivity contribution in [1.82, 2.24) is 14.5 Å². The molecule has 1 fully saturated rings. The van der Waals surface area contributed by atoms with Crippen molar-refractivity contribution >= 4 is 30.7 Å². The molecule has 7 heteroatoms. The van der Waals surface area contributed by atoms with Gasteiger partial charge in [0.2, 0.25) is 5.91 Å². The van der Waals surface area contributed by atoms with E-state index in [0.29, 0.717) is 12.6 Å². The van der Waals surface area contributed by atoms with Crippen LogP contribution in [0.1, 0.15) is 43.2 Å². The number of hydrogen-bond acceptors (Lipinski definition) is 3. The number of benzene rings is 1. The lowest BCUT2D eigenvalue weighted by atomic mass is 10.0. The molecule has 0 bridgehead atoms. The number of amides is 1. The van der Waals surface area contributed by atoms with Crippen LogP contribution in [0.3, 0.4) is 0 Å². The van der Waals surface area contributed by atoms with E-state index in [2.05, 4.69) is 16.5 Å². The number of piperidine rings is 1. The van der Waals surface area contributed by atoms with Gasteiger partial charge in [0.15, 0.2) is 0 Å². The lowest BCUT2D eigenvalue weighted by Crippen LogP contribution is -2.45. The zero-order valence-corrected chi connectivity index (χ0v) is 16.0. The smallest absolute Gasteiger partial charge is 0.244 e. The summed E-state index contributed by atoms with van der Waals surface area (Å²) in [5.41, 5.74) is 7.05. The van der Waals surface area contributed by atoms with Crippen molar-refractivity contribution in [2.24, 2.45) is 5.73 Å². The molecule has 1 aliphatic heterocycles. The number of rotatable bonds is 4. The monoisotopic (exact) mass is 384 g/mol. The Hall–Kier alpha value is -1.56. The van der Waals surface area contributed by atoms with Gasteiger partial charge in [0.25, 0.3) is 0 Å². The summed E-state index contributed by atoms with van der Waals surface area (Å²) in [4.78, 5) is 19.0. The van der Waals surface area contributed by atoms with Crippen LogP contribution in [0, 0.1) is 0 Å². The molecule has 5 nitrogen and oxygen atoms in total. The van der Waals surface area contributed by atoms with Gasteiger partial charge >= 0.3 is 0 Å². The first-order chi connectivity index (χ1) is 11.2. The number of aryl methyl sites for hydroxylation is 1. The zero-order valence-electron chi connectivity index (χ0n) is 14.4. The Balaban J connectivity index is 0.00000156. The van der Waals surface area contributed by atoms with Gasteiger partial charge in [0, 0.05) is 31.9 Å². The number of carbonyl (C=O) groups is 1. The van der Waals surface area contributed by atoms with E-state index in [4.69, 9.17) is 5.73 Å². The summed E-state index contributed by atoms with van der Waals surface area (Å²) >= 11 is 0. The van der Waals surface area contributed by atoms with E-state index in [1.165, 1.54) is 0 Å². The van der Waals surface area contributed by atoms with Crippen molar-refractivity contribution in [3.05, 3.63) is 54.1 Å². The number of likely N-dealkylation sites (tertiary alicyclic amines) is 1. The largest absolute Gasteiger partial charge is 0.339 e. The summed E-state index contributed by atoms with van der Waals surface area (Å²) < 4.78 is 2.22. The summed E-state index contributed by atoms with van der Waals surface area (Å²) in [7, 11) is 0. The van der Waals surface area contributed by atoms with E-state index >= 15 is 0 Å². The molecule has 138 valence electrons. The second-order valence-electron chi connectivity index (χ2n) is 6.07. The van der Waals surface area contributed by atoms with Gasteiger partial charge in [-0.25, -0.2) is 4.98 Å². The molecule has 3 rings (SSSR count). The first kappa shape index (κ1) is 21.5. The molecule has 0 saturated carbocycles. The number of nitrogens with two attached hydrogens (primary N) is 1. The highest BCUT2D eigenvalue weighted by molar-refractivity contribution is 5.85. The van der Waals surface area contributed by atoms with Gasteiger partial charge in [0.05, 0.1) is 6.04 Å². The number of carbonyl (C=O) groups excluding carboxylic acids is 1. The maximum Gasteiger partial charge on any atom is 0.244 e. The lowest BCUT2D eigenvalue weighted by Gasteiger charge is -2.35. The fourth-order valence-electron chi connectivity index (χ4n) is 3.33. The fraction of sp³-hybridized carbons (Fsp3) is 0.444. The first-order valence-corrected chi connectivity index (χ1v) is 8.31. The average molecular weight is 385 g/mol. The molecule has 2 aromatic rings. The van der Waals surface area contributed by atoms with Crippen LogP contribution in [0.15, 0.2) is 42.7 Å². The minimum absolute atomic E-state index is 0. The van der Waals surface area contributed by atoms with Crippen LogP contribution >= 0.6 is 24.8 Å². The van der Waals surface area contributed by atoms with E-state index < -0.39 is 6.04 Å². The summed E-state index contributed by atoms with van der Waals surface area (Å²) in [5, 5.41) is 0. The molecule has 1 amide bonds. The number of aromatic nitrogens is 2. The van der Waals surface area contributed by atoms with E-state index in [0.717, 1.165) is 37.2 Å². The number of imidazole rings is 1. The first-order valence-electron chi connectivity index (χ1n) is 8.31. The normalized spacial score (nSPS) is 18.0. The molecule has 1 saturated heterocycles. The predicted octanol–water partition coefficient (Wildman–Crippen LogP) is 3.15. The third kappa shape index (κ3) is 4.75. The van der Waals surface area contributed by atoms with Crippen molar-refractivity contribution in [3.63, 3.8) is 0 Å². The molecule has 0 spiro atoms. The Morgan fingerprint density at radius 3 is 2.72 bits per heavy atom. The topological polar surface area (TPSA) is 64.2 Å². The van der Waals surface area contributed by atoms with Crippen LogP contribution in [-0.2, 0) is 11.2 Å². The number of hydrogen-bond donors (Lipinski definition) is 1.